The number of hydrogen-bond acceptors (Lipinski definition) is 4. The minimum absolute atomic E-state index is 0. The second-order valence-corrected chi connectivity index (χ2v) is 7.46. The lowest BCUT2D eigenvalue weighted by atomic mass is 9.98. The smallest absolute Gasteiger partial charge is 0.234 e. The minimum atomic E-state index is 0. The summed E-state index contributed by atoms with van der Waals surface area (Å²) in [7, 11) is 2.09. The molecule has 2 fully saturated rings. The van der Waals surface area contributed by atoms with Crippen molar-refractivity contribution in [1.82, 2.24) is 15.5 Å². The summed E-state index contributed by atoms with van der Waals surface area (Å²) in [6, 6.07) is 6.10. The Labute approximate surface area is 143 Å². The number of hydrogen-bond donors (Lipinski definition) is 2. The molecule has 3 rings (SSSR count). The van der Waals surface area contributed by atoms with Crippen LogP contribution in [0.4, 0.5) is 0 Å². The molecular formula is C16H26ClN3OS. The zero-order chi connectivity index (χ0) is 14.8. The molecule has 2 aliphatic heterocycles. The van der Waals surface area contributed by atoms with Gasteiger partial charge in [0.25, 0.3) is 0 Å². The van der Waals surface area contributed by atoms with Gasteiger partial charge in [0.15, 0.2) is 0 Å². The van der Waals surface area contributed by atoms with E-state index in [1.165, 1.54) is 30.6 Å². The number of thiophene rings is 1. The van der Waals surface area contributed by atoms with Gasteiger partial charge in [-0.15, -0.1) is 23.7 Å². The van der Waals surface area contributed by atoms with Crippen LogP contribution in [0.2, 0.25) is 0 Å². The molecule has 6 heteroatoms. The fourth-order valence-corrected chi connectivity index (χ4v) is 4.37. The van der Waals surface area contributed by atoms with Crippen molar-refractivity contribution in [3.63, 3.8) is 0 Å². The Morgan fingerprint density at radius 2 is 2.14 bits per heavy atom. The van der Waals surface area contributed by atoms with Crippen molar-refractivity contribution in [2.45, 2.75) is 56.8 Å². The van der Waals surface area contributed by atoms with Crippen molar-refractivity contribution in [2.75, 3.05) is 13.6 Å². The van der Waals surface area contributed by atoms with Crippen LogP contribution in [0.15, 0.2) is 17.5 Å². The maximum atomic E-state index is 12.2. The second kappa shape index (κ2) is 7.77. The first-order chi connectivity index (χ1) is 10.1. The van der Waals surface area contributed by atoms with Gasteiger partial charge in [-0.2, -0.15) is 0 Å². The lowest BCUT2D eigenvalue weighted by molar-refractivity contribution is -0.123. The van der Waals surface area contributed by atoms with Gasteiger partial charge < -0.3 is 10.6 Å². The molecule has 3 atom stereocenters. The molecule has 1 aromatic heterocycles. The van der Waals surface area contributed by atoms with Crippen LogP contribution < -0.4 is 10.6 Å². The van der Waals surface area contributed by atoms with E-state index in [0.29, 0.717) is 24.7 Å². The average molecular weight is 344 g/mol. The van der Waals surface area contributed by atoms with Gasteiger partial charge in [-0.05, 0) is 51.1 Å². The Morgan fingerprint density at radius 3 is 2.73 bits per heavy atom. The first-order valence-corrected chi connectivity index (χ1v) is 8.79. The highest BCUT2D eigenvalue weighted by Crippen LogP contribution is 2.29. The molecule has 124 valence electrons. The normalized spacial score (nSPS) is 28.2. The SMILES string of the molecule is CC(NC(=O)CN(C)C1CC2CCC(C1)N2)c1cccs1.Cl. The predicted molar refractivity (Wildman–Crippen MR) is 93.7 cm³/mol. The molecule has 1 amide bonds. The summed E-state index contributed by atoms with van der Waals surface area (Å²) in [6.45, 7) is 2.55. The van der Waals surface area contributed by atoms with Gasteiger partial charge in [-0.1, -0.05) is 6.07 Å². The molecular weight excluding hydrogens is 318 g/mol. The summed E-state index contributed by atoms with van der Waals surface area (Å²) < 4.78 is 0. The largest absolute Gasteiger partial charge is 0.348 e. The molecule has 0 aliphatic carbocycles. The Bertz CT molecular complexity index is 470. The van der Waals surface area contributed by atoms with Crippen LogP contribution in [-0.2, 0) is 4.79 Å². The van der Waals surface area contributed by atoms with E-state index < -0.39 is 0 Å². The highest BCUT2D eigenvalue weighted by atomic mass is 35.5. The highest BCUT2D eigenvalue weighted by molar-refractivity contribution is 7.10. The number of carbonyl (C=O) groups excluding carboxylic acids is 1. The highest BCUT2D eigenvalue weighted by Gasteiger charge is 2.35. The number of fused-ring (bicyclic) bond motifs is 2. The van der Waals surface area contributed by atoms with E-state index in [2.05, 4.69) is 41.0 Å². The molecule has 0 spiro atoms. The topological polar surface area (TPSA) is 44.4 Å². The standard InChI is InChI=1S/C16H25N3OS.ClH/c1-11(15-4-3-7-21-15)17-16(20)10-19(2)14-8-12-5-6-13(9-14)18-12;/h3-4,7,11-14,18H,5-6,8-10H2,1-2H3,(H,17,20);1H. The number of nitrogens with one attached hydrogen (secondary N) is 2. The van der Waals surface area contributed by atoms with Crippen LogP contribution in [-0.4, -0.2) is 42.5 Å². The molecule has 0 saturated carbocycles. The number of rotatable bonds is 5. The summed E-state index contributed by atoms with van der Waals surface area (Å²) in [5.41, 5.74) is 0. The number of halogens is 1. The van der Waals surface area contributed by atoms with Crippen LogP contribution >= 0.6 is 23.7 Å². The van der Waals surface area contributed by atoms with E-state index >= 15 is 0 Å². The van der Waals surface area contributed by atoms with Gasteiger partial charge in [-0.25, -0.2) is 0 Å². The van der Waals surface area contributed by atoms with Crippen LogP contribution in [0, 0.1) is 0 Å². The van der Waals surface area contributed by atoms with E-state index in [0.717, 1.165) is 0 Å². The van der Waals surface area contributed by atoms with Gasteiger partial charge in [0.1, 0.15) is 0 Å². The molecule has 3 unspecified atom stereocenters. The van der Waals surface area contributed by atoms with Crippen molar-refractivity contribution in [3.05, 3.63) is 22.4 Å². The Hall–Kier alpha value is -0.620. The van der Waals surface area contributed by atoms with Crippen molar-refractivity contribution in [2.24, 2.45) is 0 Å². The first kappa shape index (κ1) is 17.7. The van der Waals surface area contributed by atoms with Crippen molar-refractivity contribution < 1.29 is 4.79 Å². The lowest BCUT2D eigenvalue weighted by Gasteiger charge is -2.35. The van der Waals surface area contributed by atoms with Crippen molar-refractivity contribution in [1.29, 1.82) is 0 Å². The van der Waals surface area contributed by atoms with Gasteiger partial charge in [0.05, 0.1) is 12.6 Å². The predicted octanol–water partition coefficient (Wildman–Crippen LogP) is 2.56. The molecule has 0 aromatic carbocycles. The Kier molecular flexibility index (Phi) is 6.26. The molecule has 22 heavy (non-hydrogen) atoms. The molecule has 2 saturated heterocycles. The maximum Gasteiger partial charge on any atom is 0.234 e. The van der Waals surface area contributed by atoms with Gasteiger partial charge in [0, 0.05) is 23.0 Å². The van der Waals surface area contributed by atoms with Gasteiger partial charge in [-0.3, -0.25) is 9.69 Å². The molecule has 2 bridgehead atoms. The first-order valence-electron chi connectivity index (χ1n) is 7.91. The third-order valence-corrected chi connectivity index (χ3v) is 5.87. The third-order valence-electron chi connectivity index (χ3n) is 4.81. The average Bonchev–Trinajstić information content (AvgIpc) is 3.08. The fraction of sp³-hybridized carbons (Fsp3) is 0.688. The van der Waals surface area contributed by atoms with Gasteiger partial charge >= 0.3 is 0 Å². The zero-order valence-electron chi connectivity index (χ0n) is 13.2. The lowest BCUT2D eigenvalue weighted by Crippen LogP contribution is -2.49. The number of amides is 1. The van der Waals surface area contributed by atoms with Crippen LogP contribution in [0.25, 0.3) is 0 Å². The number of nitrogens with zero attached hydrogens (tertiary/aromatic N) is 1. The summed E-state index contributed by atoms with van der Waals surface area (Å²) in [6.07, 6.45) is 4.97. The minimum Gasteiger partial charge on any atom is -0.348 e. The molecule has 0 radical (unpaired) electrons. The molecule has 2 aliphatic rings. The van der Waals surface area contributed by atoms with Crippen LogP contribution in [0.1, 0.15) is 43.5 Å². The van der Waals surface area contributed by atoms with Crippen molar-refractivity contribution >= 4 is 29.7 Å². The van der Waals surface area contributed by atoms with Crippen LogP contribution in [0.3, 0.4) is 0 Å². The van der Waals surface area contributed by atoms with E-state index in [1.807, 2.05) is 6.07 Å². The molecule has 2 N–H and O–H groups in total. The summed E-state index contributed by atoms with van der Waals surface area (Å²) in [5, 5.41) is 8.81. The summed E-state index contributed by atoms with van der Waals surface area (Å²) in [4.78, 5) is 15.7. The molecule has 3 heterocycles. The quantitative estimate of drug-likeness (QED) is 0.863. The van der Waals surface area contributed by atoms with Crippen LogP contribution in [0.5, 0.6) is 0 Å². The number of carbonyl (C=O) groups is 1. The Morgan fingerprint density at radius 1 is 1.45 bits per heavy atom. The molecule has 4 nitrogen and oxygen atoms in total. The monoisotopic (exact) mass is 343 g/mol. The second-order valence-electron chi connectivity index (χ2n) is 6.48. The van der Waals surface area contributed by atoms with E-state index in [4.69, 9.17) is 0 Å². The number of piperidine rings is 1. The summed E-state index contributed by atoms with van der Waals surface area (Å²) >= 11 is 1.69. The number of likely N-dealkylation sites (N-methyl/N-ethyl adjacent to an activating group) is 1. The van der Waals surface area contributed by atoms with E-state index in [9.17, 15) is 4.79 Å². The molecule has 1 aromatic rings. The Balaban J connectivity index is 0.00000176. The third kappa shape index (κ3) is 4.22. The van der Waals surface area contributed by atoms with Crippen molar-refractivity contribution in [3.8, 4) is 0 Å². The summed E-state index contributed by atoms with van der Waals surface area (Å²) in [5.74, 6) is 0.129. The van der Waals surface area contributed by atoms with E-state index in [-0.39, 0.29) is 24.4 Å². The zero-order valence-corrected chi connectivity index (χ0v) is 14.9. The maximum absolute atomic E-state index is 12.2. The van der Waals surface area contributed by atoms with Gasteiger partial charge in [0.2, 0.25) is 5.91 Å². The van der Waals surface area contributed by atoms with E-state index in [1.54, 1.807) is 11.3 Å². The fourth-order valence-electron chi connectivity index (χ4n) is 3.64.